The van der Waals surface area contributed by atoms with Gasteiger partial charge in [0.25, 0.3) is 11.8 Å². The van der Waals surface area contributed by atoms with E-state index in [0.29, 0.717) is 123 Å². The van der Waals surface area contributed by atoms with Gasteiger partial charge in [-0.15, -0.1) is 0 Å². The van der Waals surface area contributed by atoms with Crippen molar-refractivity contribution in [1.29, 1.82) is 0 Å². The third-order valence-electron chi connectivity index (χ3n) is 6.43. The molecule has 0 radical (unpaired) electrons. The standard InChI is InChI=1S/C33H47NO11/c35-32-30-8-4-5-9-31(30)33(36)34(32)10-11-37-12-13-38-14-15-39-16-17-40-18-19-41-20-21-42-22-23-43-24-25-44-26-27-45-28-29-6-2-1-3-7-29/h1-9H,10-28H2. The van der Waals surface area contributed by atoms with Crippen molar-refractivity contribution in [2.24, 2.45) is 0 Å². The molecule has 12 heteroatoms. The van der Waals surface area contributed by atoms with Crippen LogP contribution in [0.2, 0.25) is 0 Å². The maximum atomic E-state index is 12.3. The van der Waals surface area contributed by atoms with Crippen molar-refractivity contribution in [1.82, 2.24) is 4.90 Å². The smallest absolute Gasteiger partial charge is 0.261 e. The highest BCUT2D eigenvalue weighted by molar-refractivity contribution is 6.21. The molecule has 0 atom stereocenters. The van der Waals surface area contributed by atoms with E-state index < -0.39 is 0 Å². The summed E-state index contributed by atoms with van der Waals surface area (Å²) in [6, 6.07) is 16.9. The van der Waals surface area contributed by atoms with Crippen LogP contribution in [0.4, 0.5) is 0 Å². The van der Waals surface area contributed by atoms with Crippen molar-refractivity contribution in [2.45, 2.75) is 6.61 Å². The van der Waals surface area contributed by atoms with E-state index in [-0.39, 0.29) is 25.0 Å². The molecule has 2 aromatic carbocycles. The number of imide groups is 1. The highest BCUT2D eigenvalue weighted by Crippen LogP contribution is 2.21. The summed E-state index contributed by atoms with van der Waals surface area (Å²) in [4.78, 5) is 25.8. The minimum Gasteiger partial charge on any atom is -0.377 e. The van der Waals surface area contributed by atoms with Crippen LogP contribution in [-0.2, 0) is 49.2 Å². The van der Waals surface area contributed by atoms with Crippen LogP contribution in [0.5, 0.6) is 0 Å². The summed E-state index contributed by atoms with van der Waals surface area (Å²) in [5.41, 5.74) is 2.04. The summed E-state index contributed by atoms with van der Waals surface area (Å²) in [7, 11) is 0. The van der Waals surface area contributed by atoms with Crippen molar-refractivity contribution in [3.63, 3.8) is 0 Å². The Labute approximate surface area is 265 Å². The van der Waals surface area contributed by atoms with E-state index in [1.165, 1.54) is 4.90 Å². The van der Waals surface area contributed by atoms with Crippen LogP contribution in [0.15, 0.2) is 54.6 Å². The Morgan fingerprint density at radius 2 is 0.689 bits per heavy atom. The second kappa shape index (κ2) is 24.5. The highest BCUT2D eigenvalue weighted by atomic mass is 16.6. The van der Waals surface area contributed by atoms with Gasteiger partial charge in [0.05, 0.1) is 137 Å². The Morgan fingerprint density at radius 3 is 1.07 bits per heavy atom. The first-order chi connectivity index (χ1) is 22.3. The lowest BCUT2D eigenvalue weighted by molar-refractivity contribution is -0.0255. The topological polar surface area (TPSA) is 120 Å². The van der Waals surface area contributed by atoms with Gasteiger partial charge in [0.2, 0.25) is 0 Å². The van der Waals surface area contributed by atoms with Crippen LogP contribution in [0.25, 0.3) is 0 Å². The number of ether oxygens (including phenoxy) is 9. The fourth-order valence-corrected chi connectivity index (χ4v) is 4.12. The third-order valence-corrected chi connectivity index (χ3v) is 6.43. The number of carbonyl (C=O) groups is 2. The molecule has 12 nitrogen and oxygen atoms in total. The van der Waals surface area contributed by atoms with Gasteiger partial charge in [-0.25, -0.2) is 0 Å². The number of rotatable bonds is 29. The van der Waals surface area contributed by atoms with Crippen LogP contribution in [0, 0.1) is 0 Å². The predicted molar refractivity (Wildman–Crippen MR) is 164 cm³/mol. The van der Waals surface area contributed by atoms with Crippen LogP contribution in [0.3, 0.4) is 0 Å². The molecule has 3 rings (SSSR count). The summed E-state index contributed by atoms with van der Waals surface area (Å²) >= 11 is 0. The largest absolute Gasteiger partial charge is 0.377 e. The third kappa shape index (κ3) is 15.9. The van der Waals surface area contributed by atoms with Gasteiger partial charge in [-0.1, -0.05) is 42.5 Å². The average Bonchev–Trinajstić information content (AvgIpc) is 3.31. The molecule has 2 aromatic rings. The quantitative estimate of drug-likeness (QED) is 0.0972. The lowest BCUT2D eigenvalue weighted by atomic mass is 10.1. The van der Waals surface area contributed by atoms with E-state index in [1.54, 1.807) is 24.3 Å². The van der Waals surface area contributed by atoms with E-state index in [4.69, 9.17) is 42.6 Å². The first-order valence-electron chi connectivity index (χ1n) is 15.5. The molecule has 1 aliphatic rings. The van der Waals surface area contributed by atoms with Crippen LogP contribution in [-0.4, -0.2) is 136 Å². The molecule has 45 heavy (non-hydrogen) atoms. The summed E-state index contributed by atoms with van der Waals surface area (Å²) in [6.07, 6.45) is 0. The van der Waals surface area contributed by atoms with E-state index in [0.717, 1.165) is 5.56 Å². The monoisotopic (exact) mass is 633 g/mol. The predicted octanol–water partition coefficient (Wildman–Crippen LogP) is 2.63. The first kappa shape index (κ1) is 36.7. The summed E-state index contributed by atoms with van der Waals surface area (Å²) in [5.74, 6) is -0.551. The molecule has 0 bridgehead atoms. The fourth-order valence-electron chi connectivity index (χ4n) is 4.12. The van der Waals surface area contributed by atoms with Crippen molar-refractivity contribution < 1.29 is 52.2 Å². The Hall–Kier alpha value is -2.78. The SMILES string of the molecule is O=C1c2ccccc2C(=O)N1CCOCCOCCOCCOCCOCCOCCOCCOCCOCc1ccccc1. The average molecular weight is 634 g/mol. The molecule has 0 aromatic heterocycles. The lowest BCUT2D eigenvalue weighted by Crippen LogP contribution is -2.33. The van der Waals surface area contributed by atoms with Crippen molar-refractivity contribution in [3.05, 3.63) is 71.3 Å². The number of amides is 2. The molecular weight excluding hydrogens is 586 g/mol. The number of nitrogens with zero attached hydrogens (tertiary/aromatic N) is 1. The number of hydrogen-bond donors (Lipinski definition) is 0. The minimum absolute atomic E-state index is 0.217. The molecule has 1 aliphatic heterocycles. The van der Waals surface area contributed by atoms with Gasteiger partial charge < -0.3 is 42.6 Å². The Bertz CT molecular complexity index is 1020. The van der Waals surface area contributed by atoms with Crippen LogP contribution < -0.4 is 0 Å². The van der Waals surface area contributed by atoms with E-state index >= 15 is 0 Å². The van der Waals surface area contributed by atoms with Crippen LogP contribution >= 0.6 is 0 Å². The molecule has 0 saturated carbocycles. The lowest BCUT2D eigenvalue weighted by Gasteiger charge is -2.13. The Kier molecular flexibility index (Phi) is 19.9. The second-order valence-corrected chi connectivity index (χ2v) is 9.74. The van der Waals surface area contributed by atoms with Crippen LogP contribution in [0.1, 0.15) is 26.3 Å². The summed E-state index contributed by atoms with van der Waals surface area (Å²) in [6.45, 7) is 8.81. The molecule has 0 fully saturated rings. The zero-order chi connectivity index (χ0) is 31.6. The van der Waals surface area contributed by atoms with E-state index in [9.17, 15) is 9.59 Å². The zero-order valence-corrected chi connectivity index (χ0v) is 26.1. The molecule has 0 aliphatic carbocycles. The zero-order valence-electron chi connectivity index (χ0n) is 26.1. The molecular formula is C33H47NO11. The fraction of sp³-hybridized carbons (Fsp3) is 0.576. The number of hydrogen-bond acceptors (Lipinski definition) is 11. The summed E-state index contributed by atoms with van der Waals surface area (Å²) in [5, 5.41) is 0. The van der Waals surface area contributed by atoms with Crippen molar-refractivity contribution in [2.75, 3.05) is 119 Å². The van der Waals surface area contributed by atoms with Gasteiger partial charge in [0.15, 0.2) is 0 Å². The molecule has 2 amide bonds. The van der Waals surface area contributed by atoms with Gasteiger partial charge in [-0.2, -0.15) is 0 Å². The van der Waals surface area contributed by atoms with Crippen molar-refractivity contribution >= 4 is 11.8 Å². The number of fused-ring (bicyclic) bond motifs is 1. The molecule has 0 N–H and O–H groups in total. The maximum absolute atomic E-state index is 12.3. The first-order valence-corrected chi connectivity index (χ1v) is 15.5. The normalized spacial score (nSPS) is 12.8. The number of benzene rings is 2. The maximum Gasteiger partial charge on any atom is 0.261 e. The molecule has 250 valence electrons. The Morgan fingerprint density at radius 1 is 0.378 bits per heavy atom. The van der Waals surface area contributed by atoms with Gasteiger partial charge in [0.1, 0.15) is 0 Å². The molecule has 0 spiro atoms. The highest BCUT2D eigenvalue weighted by Gasteiger charge is 2.34. The molecule has 0 saturated heterocycles. The van der Waals surface area contributed by atoms with E-state index in [2.05, 4.69) is 0 Å². The minimum atomic E-state index is -0.276. The molecule has 1 heterocycles. The Balaban J connectivity index is 0.944. The second-order valence-electron chi connectivity index (χ2n) is 9.74. The van der Waals surface area contributed by atoms with Gasteiger partial charge >= 0.3 is 0 Å². The molecule has 0 unspecified atom stereocenters. The van der Waals surface area contributed by atoms with E-state index in [1.807, 2.05) is 30.3 Å². The summed E-state index contributed by atoms with van der Waals surface area (Å²) < 4.78 is 49.4. The number of carbonyl (C=O) groups excluding carboxylic acids is 2. The van der Waals surface area contributed by atoms with Gasteiger partial charge in [-0.05, 0) is 17.7 Å². The van der Waals surface area contributed by atoms with Gasteiger partial charge in [-0.3, -0.25) is 14.5 Å². The van der Waals surface area contributed by atoms with Crippen molar-refractivity contribution in [3.8, 4) is 0 Å². The van der Waals surface area contributed by atoms with Gasteiger partial charge in [0, 0.05) is 0 Å².